The lowest BCUT2D eigenvalue weighted by Crippen LogP contribution is -1.99. The van der Waals surface area contributed by atoms with Gasteiger partial charge in [0, 0.05) is 0 Å². The molecule has 0 unspecified atom stereocenters. The minimum Gasteiger partial charge on any atom is -0.0984 e. The summed E-state index contributed by atoms with van der Waals surface area (Å²) in [5.74, 6) is 0. The summed E-state index contributed by atoms with van der Waals surface area (Å²) in [6, 6.07) is 82.4. The maximum atomic E-state index is 4.42. The molecule has 0 heterocycles. The lowest BCUT2D eigenvalue weighted by atomic mass is 9.78. The van der Waals surface area contributed by atoms with E-state index in [1.54, 1.807) is 0 Å². The van der Waals surface area contributed by atoms with E-state index in [0.29, 0.717) is 0 Å². The average molecular weight is 937 g/mol. The Balaban J connectivity index is 1.24. The number of allylic oxidation sites excluding steroid dienone is 2. The predicted molar refractivity (Wildman–Crippen MR) is 323 cm³/mol. The molecule has 1 aliphatic carbocycles. The number of fused-ring (bicyclic) bond motifs is 7. The van der Waals surface area contributed by atoms with Crippen LogP contribution in [0.5, 0.6) is 0 Å². The first-order valence-corrected chi connectivity index (χ1v) is 25.9. The average Bonchev–Trinajstić information content (AvgIpc) is 3.68. The zero-order chi connectivity index (χ0) is 49.0. The van der Waals surface area contributed by atoms with E-state index >= 15 is 0 Å². The molecule has 0 atom stereocenters. The molecule has 74 heavy (non-hydrogen) atoms. The molecule has 0 N–H and O–H groups in total. The molecule has 14 aromatic rings. The fraction of sp³-hybridized carbons (Fsp3) is 0.0270. The lowest BCUT2D eigenvalue weighted by molar-refractivity contribution is 1.32. The van der Waals surface area contributed by atoms with E-state index in [0.717, 1.165) is 12.0 Å². The van der Waals surface area contributed by atoms with E-state index < -0.39 is 0 Å². The predicted octanol–water partition coefficient (Wildman–Crippen LogP) is 21.0. The maximum absolute atomic E-state index is 4.42. The first-order valence-electron chi connectivity index (χ1n) is 25.9. The minimum absolute atomic E-state index is 0.759. The summed E-state index contributed by atoms with van der Waals surface area (Å²) in [6.07, 6.45) is 12.2. The van der Waals surface area contributed by atoms with Gasteiger partial charge in [0.15, 0.2) is 0 Å². The number of benzene rings is 14. The van der Waals surface area contributed by atoms with Gasteiger partial charge in [-0.2, -0.15) is 0 Å². The fourth-order valence-corrected chi connectivity index (χ4v) is 13.1. The molecule has 344 valence electrons. The molecule has 0 spiro atoms. The molecule has 0 saturated heterocycles. The molecule has 1 aliphatic rings. The molecule has 0 aromatic heterocycles. The number of rotatable bonds is 6. The highest BCUT2D eigenvalue weighted by Crippen LogP contribution is 2.54. The Morgan fingerprint density at radius 2 is 0.716 bits per heavy atom. The van der Waals surface area contributed by atoms with Gasteiger partial charge >= 0.3 is 0 Å². The van der Waals surface area contributed by atoms with Crippen LogP contribution in [0.2, 0.25) is 0 Å². The standard InChI is InChI=1S/C74H48/c1-3-20-53-45(4-2)39-46-21-5-12-28-54(46)69(53)65-43-67(71-57-31-15-8-24-49(57)41-50-25-9-16-32-58(50)71)63-37-38-64-68(72-59-33-17-10-26-51(59)42-52-27-11-18-34-60(52)72)44-66(62-36-19-35-61(65)73(63)74(62)64)70-55-29-13-6-22-47(55)40-48-23-7-14-30-56(48)70/h3-35,37-44H,2,36H2,1H3/b20-3-. The van der Waals surface area contributed by atoms with Gasteiger partial charge in [0.2, 0.25) is 0 Å². The summed E-state index contributed by atoms with van der Waals surface area (Å²) in [5.41, 5.74) is 14.9. The lowest BCUT2D eigenvalue weighted by Gasteiger charge is -2.25. The summed E-state index contributed by atoms with van der Waals surface area (Å²) in [6.45, 7) is 6.55. The van der Waals surface area contributed by atoms with Crippen LogP contribution >= 0.6 is 0 Å². The Morgan fingerprint density at radius 3 is 1.14 bits per heavy atom. The molecular weight excluding hydrogens is 889 g/mol. The third-order valence-electron chi connectivity index (χ3n) is 16.2. The van der Waals surface area contributed by atoms with Crippen LogP contribution in [0.15, 0.2) is 237 Å². The third kappa shape index (κ3) is 6.22. The molecule has 0 amide bonds. The normalized spacial score (nSPS) is 12.6. The monoisotopic (exact) mass is 936 g/mol. The molecule has 0 radical (unpaired) electrons. The zero-order valence-corrected chi connectivity index (χ0v) is 41.1. The van der Waals surface area contributed by atoms with Crippen LogP contribution in [0.4, 0.5) is 0 Å². The Labute approximate surface area is 430 Å². The van der Waals surface area contributed by atoms with Crippen LogP contribution in [-0.2, 0) is 6.42 Å². The van der Waals surface area contributed by atoms with Crippen molar-refractivity contribution in [2.45, 2.75) is 13.3 Å². The van der Waals surface area contributed by atoms with Gasteiger partial charge in [-0.05, 0) is 213 Å². The van der Waals surface area contributed by atoms with Crippen molar-refractivity contribution in [1.82, 2.24) is 0 Å². The topological polar surface area (TPSA) is 0 Å². The van der Waals surface area contributed by atoms with Crippen molar-refractivity contribution >= 4 is 115 Å². The Hall–Kier alpha value is -9.36. The SMILES string of the molecule is C=Cc1cc2ccccc2c(-c2cc(-c3c4ccccc4cc4ccccc34)c3ccc4c(-c5c6ccccc6cc6ccccc56)cc(-c5c6ccccc6cc6ccccc56)c5c4c3c2C=CC5)c1/C=C\C. The van der Waals surface area contributed by atoms with Crippen LogP contribution in [0.3, 0.4) is 0 Å². The van der Waals surface area contributed by atoms with Crippen molar-refractivity contribution in [3.63, 3.8) is 0 Å². The highest BCUT2D eigenvalue weighted by molar-refractivity contribution is 6.29. The van der Waals surface area contributed by atoms with Gasteiger partial charge in [0.1, 0.15) is 0 Å². The third-order valence-corrected chi connectivity index (χ3v) is 16.2. The maximum Gasteiger partial charge on any atom is -0.00171 e. The highest BCUT2D eigenvalue weighted by atomic mass is 14.3. The van der Waals surface area contributed by atoms with Gasteiger partial charge in [0.25, 0.3) is 0 Å². The van der Waals surface area contributed by atoms with Crippen molar-refractivity contribution in [2.75, 3.05) is 0 Å². The van der Waals surface area contributed by atoms with Crippen molar-refractivity contribution in [3.05, 3.63) is 259 Å². The van der Waals surface area contributed by atoms with Crippen molar-refractivity contribution < 1.29 is 0 Å². The van der Waals surface area contributed by atoms with Gasteiger partial charge in [-0.25, -0.2) is 0 Å². The molecule has 0 saturated carbocycles. The summed E-state index contributed by atoms with van der Waals surface area (Å²) in [7, 11) is 0. The largest absolute Gasteiger partial charge is 0.0984 e. The van der Waals surface area contributed by atoms with E-state index in [2.05, 4.69) is 256 Å². The van der Waals surface area contributed by atoms with E-state index in [9.17, 15) is 0 Å². The van der Waals surface area contributed by atoms with E-state index in [1.165, 1.54) is 158 Å². The number of hydrogen-bond acceptors (Lipinski definition) is 0. The van der Waals surface area contributed by atoms with Crippen LogP contribution in [-0.4, -0.2) is 0 Å². The summed E-state index contributed by atoms with van der Waals surface area (Å²) in [4.78, 5) is 0. The van der Waals surface area contributed by atoms with E-state index in [4.69, 9.17) is 0 Å². The van der Waals surface area contributed by atoms with Gasteiger partial charge < -0.3 is 0 Å². The van der Waals surface area contributed by atoms with E-state index in [-0.39, 0.29) is 0 Å². The summed E-state index contributed by atoms with van der Waals surface area (Å²) < 4.78 is 0. The Kier molecular flexibility index (Phi) is 9.50. The van der Waals surface area contributed by atoms with Gasteiger partial charge in [-0.1, -0.05) is 219 Å². The van der Waals surface area contributed by atoms with Gasteiger partial charge in [-0.15, -0.1) is 0 Å². The quantitative estimate of drug-likeness (QED) is 0.115. The van der Waals surface area contributed by atoms with Crippen LogP contribution < -0.4 is 0 Å². The second kappa shape index (κ2) is 16.6. The van der Waals surface area contributed by atoms with Gasteiger partial charge in [-0.3, -0.25) is 0 Å². The minimum atomic E-state index is 0.759. The smallest absolute Gasteiger partial charge is 0.00171 e. The molecule has 0 bridgehead atoms. The molecular formula is C74H48. The van der Waals surface area contributed by atoms with Crippen molar-refractivity contribution in [3.8, 4) is 44.5 Å². The molecule has 14 aromatic carbocycles. The molecule has 0 nitrogen and oxygen atoms in total. The molecule has 0 fully saturated rings. The van der Waals surface area contributed by atoms with Crippen LogP contribution in [0.25, 0.3) is 160 Å². The zero-order valence-electron chi connectivity index (χ0n) is 41.1. The van der Waals surface area contributed by atoms with Crippen LogP contribution in [0.1, 0.15) is 29.2 Å². The fourth-order valence-electron chi connectivity index (χ4n) is 13.1. The Morgan fingerprint density at radius 1 is 0.351 bits per heavy atom. The summed E-state index contributed by atoms with van der Waals surface area (Å²) in [5, 5.41) is 22.5. The van der Waals surface area contributed by atoms with Crippen molar-refractivity contribution in [2.24, 2.45) is 0 Å². The second-order valence-corrected chi connectivity index (χ2v) is 20.1. The molecule has 15 rings (SSSR count). The first-order chi connectivity index (χ1) is 36.6. The van der Waals surface area contributed by atoms with Crippen LogP contribution in [0, 0.1) is 0 Å². The second-order valence-electron chi connectivity index (χ2n) is 20.1. The summed E-state index contributed by atoms with van der Waals surface area (Å²) >= 11 is 0. The Bertz CT molecular complexity index is 4660. The van der Waals surface area contributed by atoms with E-state index in [1.807, 2.05) is 6.08 Å². The van der Waals surface area contributed by atoms with Gasteiger partial charge in [0.05, 0.1) is 0 Å². The molecule has 0 aliphatic heterocycles. The molecule has 0 heteroatoms. The number of hydrogen-bond donors (Lipinski definition) is 0. The highest BCUT2D eigenvalue weighted by Gasteiger charge is 2.28. The first kappa shape index (κ1) is 42.3. The van der Waals surface area contributed by atoms with Crippen molar-refractivity contribution in [1.29, 1.82) is 0 Å².